The van der Waals surface area contributed by atoms with E-state index in [9.17, 15) is 9.59 Å². The van der Waals surface area contributed by atoms with Gasteiger partial charge in [-0.25, -0.2) is 14.6 Å². The minimum absolute atomic E-state index is 0.209. The fourth-order valence-electron chi connectivity index (χ4n) is 2.65. The molecule has 8 heteroatoms. The van der Waals surface area contributed by atoms with Crippen LogP contribution in [0.4, 0.5) is 9.93 Å². The van der Waals surface area contributed by atoms with E-state index in [0.717, 1.165) is 25.0 Å². The summed E-state index contributed by atoms with van der Waals surface area (Å²) in [6, 6.07) is -0.209. The van der Waals surface area contributed by atoms with Gasteiger partial charge in [-0.1, -0.05) is 0 Å². The van der Waals surface area contributed by atoms with Gasteiger partial charge in [0.1, 0.15) is 12.2 Å². The third-order valence-corrected chi connectivity index (χ3v) is 4.76. The van der Waals surface area contributed by atoms with Gasteiger partial charge in [-0.05, 0) is 26.2 Å². The molecular weight excluding hydrogens is 294 g/mol. The molecule has 21 heavy (non-hydrogen) atoms. The molecule has 0 unspecified atom stereocenters. The van der Waals surface area contributed by atoms with Gasteiger partial charge in [0.05, 0.1) is 18.8 Å². The van der Waals surface area contributed by atoms with E-state index in [4.69, 9.17) is 9.84 Å². The summed E-state index contributed by atoms with van der Waals surface area (Å²) in [6.45, 7) is 2.23. The van der Waals surface area contributed by atoms with Crippen molar-refractivity contribution in [3.05, 3.63) is 10.6 Å². The number of rotatable bonds is 4. The number of ether oxygens (including phenoxy) is 1. The SMILES string of the molecule is CC1(OCC(=O)O)CN(C(=O)Nc2nc3c(s2)CCC3)C1. The number of anilines is 1. The Bertz CT molecular complexity index is 558. The lowest BCUT2D eigenvalue weighted by Crippen LogP contribution is -2.64. The number of hydrogen-bond acceptors (Lipinski definition) is 5. The second kappa shape index (κ2) is 5.27. The highest BCUT2D eigenvalue weighted by Gasteiger charge is 2.43. The lowest BCUT2D eigenvalue weighted by Gasteiger charge is -2.46. The second-order valence-electron chi connectivity index (χ2n) is 5.66. The first-order chi connectivity index (χ1) is 9.95. The molecule has 3 rings (SSSR count). The van der Waals surface area contributed by atoms with Crippen LogP contribution >= 0.6 is 11.3 Å². The Labute approximate surface area is 125 Å². The van der Waals surface area contributed by atoms with Crippen LogP contribution in [-0.4, -0.2) is 52.3 Å². The summed E-state index contributed by atoms with van der Waals surface area (Å²) in [6.07, 6.45) is 3.19. The zero-order valence-electron chi connectivity index (χ0n) is 11.7. The van der Waals surface area contributed by atoms with E-state index in [1.807, 2.05) is 0 Å². The summed E-state index contributed by atoms with van der Waals surface area (Å²) < 4.78 is 5.27. The fraction of sp³-hybridized carbons (Fsp3) is 0.615. The van der Waals surface area contributed by atoms with Crippen molar-refractivity contribution in [3.63, 3.8) is 0 Å². The average Bonchev–Trinajstić information content (AvgIpc) is 2.93. The number of carbonyl (C=O) groups excluding carboxylic acids is 1. The van der Waals surface area contributed by atoms with Gasteiger partial charge in [-0.3, -0.25) is 5.32 Å². The number of carboxylic acid groups (broad SMARTS) is 1. The maximum absolute atomic E-state index is 12.1. The van der Waals surface area contributed by atoms with Gasteiger partial charge in [0.15, 0.2) is 5.13 Å². The molecule has 2 N–H and O–H groups in total. The second-order valence-corrected chi connectivity index (χ2v) is 6.74. The number of nitrogens with zero attached hydrogens (tertiary/aromatic N) is 2. The van der Waals surface area contributed by atoms with Crippen LogP contribution in [0.25, 0.3) is 0 Å². The van der Waals surface area contributed by atoms with Crippen molar-refractivity contribution in [3.8, 4) is 0 Å². The number of nitrogens with one attached hydrogen (secondary N) is 1. The van der Waals surface area contributed by atoms with Gasteiger partial charge in [-0.15, -0.1) is 11.3 Å². The molecular formula is C13H17N3O4S. The third kappa shape index (κ3) is 3.01. The molecule has 1 aromatic rings. The number of likely N-dealkylation sites (tertiary alicyclic amines) is 1. The van der Waals surface area contributed by atoms with Gasteiger partial charge < -0.3 is 14.7 Å². The van der Waals surface area contributed by atoms with E-state index >= 15 is 0 Å². The van der Waals surface area contributed by atoms with Gasteiger partial charge in [0, 0.05) is 4.88 Å². The molecule has 0 saturated carbocycles. The zero-order chi connectivity index (χ0) is 15.0. The Morgan fingerprint density at radius 1 is 1.48 bits per heavy atom. The molecule has 1 aliphatic heterocycles. The Hall–Kier alpha value is -1.67. The molecule has 0 atom stereocenters. The molecule has 1 fully saturated rings. The fourth-order valence-corrected chi connectivity index (χ4v) is 3.69. The van der Waals surface area contributed by atoms with E-state index in [2.05, 4.69) is 10.3 Å². The molecule has 7 nitrogen and oxygen atoms in total. The molecule has 2 amide bonds. The number of aryl methyl sites for hydroxylation is 2. The molecule has 0 radical (unpaired) electrons. The Morgan fingerprint density at radius 3 is 2.90 bits per heavy atom. The first-order valence-corrected chi connectivity index (χ1v) is 7.67. The third-order valence-electron chi connectivity index (χ3n) is 3.69. The van der Waals surface area contributed by atoms with Crippen molar-refractivity contribution in [1.29, 1.82) is 0 Å². The highest BCUT2D eigenvalue weighted by Crippen LogP contribution is 2.31. The summed E-state index contributed by atoms with van der Waals surface area (Å²) >= 11 is 1.54. The number of aliphatic carboxylic acids is 1. The summed E-state index contributed by atoms with van der Waals surface area (Å²) in [5.41, 5.74) is 0.536. The van der Waals surface area contributed by atoms with Crippen molar-refractivity contribution in [2.24, 2.45) is 0 Å². The number of fused-ring (bicyclic) bond motifs is 1. The smallest absolute Gasteiger partial charge is 0.329 e. The molecule has 0 aromatic carbocycles. The van der Waals surface area contributed by atoms with Crippen LogP contribution in [-0.2, 0) is 22.4 Å². The number of urea groups is 1. The van der Waals surface area contributed by atoms with Crippen LogP contribution in [0.5, 0.6) is 0 Å². The summed E-state index contributed by atoms with van der Waals surface area (Å²) in [5, 5.41) is 12.0. The first kappa shape index (κ1) is 14.3. The molecule has 2 heterocycles. The van der Waals surface area contributed by atoms with Crippen molar-refractivity contribution in [1.82, 2.24) is 9.88 Å². The number of carbonyl (C=O) groups is 2. The predicted octanol–water partition coefficient (Wildman–Crippen LogP) is 1.34. The molecule has 0 bridgehead atoms. The van der Waals surface area contributed by atoms with Gasteiger partial charge >= 0.3 is 12.0 Å². The maximum Gasteiger partial charge on any atom is 0.329 e. The van der Waals surface area contributed by atoms with Crippen LogP contribution in [0.3, 0.4) is 0 Å². The van der Waals surface area contributed by atoms with Crippen LogP contribution < -0.4 is 5.32 Å². The maximum atomic E-state index is 12.1. The van der Waals surface area contributed by atoms with E-state index in [-0.39, 0.29) is 12.6 Å². The number of aromatic nitrogens is 1. The lowest BCUT2D eigenvalue weighted by molar-refractivity contribution is -0.159. The minimum atomic E-state index is -1.00. The topological polar surface area (TPSA) is 91.8 Å². The summed E-state index contributed by atoms with van der Waals surface area (Å²) in [5.74, 6) is -1.00. The van der Waals surface area contributed by atoms with E-state index in [0.29, 0.717) is 18.2 Å². The molecule has 1 aliphatic carbocycles. The number of thiazole rings is 1. The van der Waals surface area contributed by atoms with Crippen molar-refractivity contribution < 1.29 is 19.4 Å². The van der Waals surface area contributed by atoms with E-state index in [1.54, 1.807) is 11.8 Å². The van der Waals surface area contributed by atoms with E-state index < -0.39 is 11.6 Å². The average molecular weight is 311 g/mol. The largest absolute Gasteiger partial charge is 0.480 e. The number of amides is 2. The van der Waals surface area contributed by atoms with Gasteiger partial charge in [-0.2, -0.15) is 0 Å². The minimum Gasteiger partial charge on any atom is -0.480 e. The summed E-state index contributed by atoms with van der Waals surface area (Å²) in [7, 11) is 0. The Kier molecular flexibility index (Phi) is 3.58. The predicted molar refractivity (Wildman–Crippen MR) is 76.7 cm³/mol. The zero-order valence-corrected chi connectivity index (χ0v) is 12.5. The van der Waals surface area contributed by atoms with Gasteiger partial charge in [0.25, 0.3) is 0 Å². The molecule has 0 spiro atoms. The molecule has 1 aromatic heterocycles. The van der Waals surface area contributed by atoms with Crippen LogP contribution in [0.15, 0.2) is 0 Å². The van der Waals surface area contributed by atoms with Crippen molar-refractivity contribution >= 4 is 28.5 Å². The first-order valence-electron chi connectivity index (χ1n) is 6.85. The van der Waals surface area contributed by atoms with Crippen molar-refractivity contribution in [2.45, 2.75) is 31.8 Å². The Morgan fingerprint density at radius 2 is 2.24 bits per heavy atom. The lowest BCUT2D eigenvalue weighted by atomic mass is 9.97. The highest BCUT2D eigenvalue weighted by molar-refractivity contribution is 7.15. The molecule has 114 valence electrons. The summed E-state index contributed by atoms with van der Waals surface area (Å²) in [4.78, 5) is 29.8. The van der Waals surface area contributed by atoms with Gasteiger partial charge in [0.2, 0.25) is 0 Å². The Balaban J connectivity index is 1.50. The van der Waals surface area contributed by atoms with Crippen LogP contribution in [0.1, 0.15) is 23.9 Å². The monoisotopic (exact) mass is 311 g/mol. The molecule has 1 saturated heterocycles. The van der Waals surface area contributed by atoms with E-state index in [1.165, 1.54) is 16.2 Å². The van der Waals surface area contributed by atoms with Crippen LogP contribution in [0.2, 0.25) is 0 Å². The number of carboxylic acids is 1. The quantitative estimate of drug-likeness (QED) is 0.875. The van der Waals surface area contributed by atoms with Crippen molar-refractivity contribution in [2.75, 3.05) is 25.0 Å². The highest BCUT2D eigenvalue weighted by atomic mass is 32.1. The van der Waals surface area contributed by atoms with Crippen LogP contribution in [0, 0.1) is 0 Å². The molecule has 2 aliphatic rings. The standard InChI is InChI=1S/C13H17N3O4S/c1-13(20-5-10(17)18)6-16(7-13)12(19)15-11-14-8-3-2-4-9(8)21-11/h2-7H2,1H3,(H,17,18)(H,14,15,19). The normalized spacial score (nSPS) is 19.0. The number of hydrogen-bond donors (Lipinski definition) is 2.